The van der Waals surface area contributed by atoms with Crippen LogP contribution in [0.15, 0.2) is 18.2 Å². The van der Waals surface area contributed by atoms with E-state index in [0.717, 1.165) is 11.3 Å². The van der Waals surface area contributed by atoms with Crippen LogP contribution in [0.3, 0.4) is 0 Å². The van der Waals surface area contributed by atoms with Crippen LogP contribution in [0.25, 0.3) is 0 Å². The number of hydrogen-bond acceptors (Lipinski definition) is 4. The molecule has 1 rings (SSSR count). The van der Waals surface area contributed by atoms with E-state index in [4.69, 9.17) is 10.5 Å². The number of ether oxygens (including phenoxy) is 1. The molecule has 1 aromatic rings. The lowest BCUT2D eigenvalue weighted by molar-refractivity contribution is -0.121. The molecule has 0 heterocycles. The Bertz CT molecular complexity index is 407. The van der Waals surface area contributed by atoms with Crippen molar-refractivity contribution in [2.24, 2.45) is 0 Å². The van der Waals surface area contributed by atoms with E-state index in [9.17, 15) is 4.79 Å². The quantitative estimate of drug-likeness (QED) is 0.735. The zero-order valence-corrected chi connectivity index (χ0v) is 11.2. The molecular weight excluding hydrogens is 230 g/mol. The molecule has 0 unspecified atom stereocenters. The van der Waals surface area contributed by atoms with Crippen molar-refractivity contribution >= 4 is 11.6 Å². The number of methoxy groups -OCH3 is 1. The third kappa shape index (κ3) is 4.25. The number of benzene rings is 1. The molecule has 0 aliphatic heterocycles. The fourth-order valence-electron chi connectivity index (χ4n) is 1.77. The van der Waals surface area contributed by atoms with Crippen molar-refractivity contribution in [3.63, 3.8) is 0 Å². The average molecular weight is 251 g/mol. The first-order valence-corrected chi connectivity index (χ1v) is 5.94. The van der Waals surface area contributed by atoms with Gasteiger partial charge in [-0.15, -0.1) is 0 Å². The molecular formula is C13H21N3O2. The molecule has 0 saturated carbocycles. The van der Waals surface area contributed by atoms with Crippen LogP contribution < -0.4 is 15.8 Å². The second kappa shape index (κ2) is 6.86. The Kier molecular flexibility index (Phi) is 5.45. The van der Waals surface area contributed by atoms with Crippen LogP contribution in [-0.2, 0) is 11.3 Å². The number of likely N-dealkylation sites (N-methyl/N-ethyl adjacent to an activating group) is 2. The van der Waals surface area contributed by atoms with Crippen LogP contribution in [-0.4, -0.2) is 38.1 Å². The molecule has 1 amide bonds. The molecule has 18 heavy (non-hydrogen) atoms. The lowest BCUT2D eigenvalue weighted by Crippen LogP contribution is -2.34. The van der Waals surface area contributed by atoms with Crippen LogP contribution in [0, 0.1) is 0 Å². The predicted octanol–water partition coefficient (Wildman–Crippen LogP) is 0.845. The first-order chi connectivity index (χ1) is 8.56. The molecule has 5 heteroatoms. The molecule has 1 aromatic carbocycles. The fraction of sp³-hybridized carbons (Fsp3) is 0.462. The Labute approximate surface area is 108 Å². The van der Waals surface area contributed by atoms with Gasteiger partial charge in [0.05, 0.1) is 13.7 Å². The predicted molar refractivity (Wildman–Crippen MR) is 72.4 cm³/mol. The molecule has 0 aliphatic carbocycles. The second-order valence-corrected chi connectivity index (χ2v) is 4.20. The van der Waals surface area contributed by atoms with E-state index in [-0.39, 0.29) is 5.91 Å². The number of nitrogens with zero attached hydrogens (tertiary/aromatic N) is 1. The number of nitrogen functional groups attached to an aromatic ring is 1. The number of hydrogen-bond donors (Lipinski definition) is 2. The maximum atomic E-state index is 11.5. The first-order valence-electron chi connectivity index (χ1n) is 5.94. The lowest BCUT2D eigenvalue weighted by Gasteiger charge is -2.18. The van der Waals surface area contributed by atoms with Crippen molar-refractivity contribution in [1.29, 1.82) is 0 Å². The van der Waals surface area contributed by atoms with Crippen molar-refractivity contribution < 1.29 is 9.53 Å². The molecule has 0 spiro atoms. The van der Waals surface area contributed by atoms with Crippen LogP contribution >= 0.6 is 0 Å². The SMILES string of the molecule is CCNC(=O)CN(C)Cc1cc(N)ccc1OC. The number of nitrogens with two attached hydrogens (primary N) is 1. The Hall–Kier alpha value is -1.75. The van der Waals surface area contributed by atoms with Gasteiger partial charge in [0.25, 0.3) is 0 Å². The summed E-state index contributed by atoms with van der Waals surface area (Å²) in [6.07, 6.45) is 0. The molecule has 0 bridgehead atoms. The molecule has 0 atom stereocenters. The topological polar surface area (TPSA) is 67.6 Å². The first kappa shape index (κ1) is 14.3. The van der Waals surface area contributed by atoms with E-state index in [2.05, 4.69) is 5.32 Å². The maximum absolute atomic E-state index is 11.5. The van der Waals surface area contributed by atoms with E-state index < -0.39 is 0 Å². The van der Waals surface area contributed by atoms with Crippen LogP contribution in [0.1, 0.15) is 12.5 Å². The maximum Gasteiger partial charge on any atom is 0.234 e. The highest BCUT2D eigenvalue weighted by Gasteiger charge is 2.09. The van der Waals surface area contributed by atoms with Gasteiger partial charge in [-0.25, -0.2) is 0 Å². The highest BCUT2D eigenvalue weighted by Crippen LogP contribution is 2.22. The summed E-state index contributed by atoms with van der Waals surface area (Å²) in [5.74, 6) is 0.801. The summed E-state index contributed by atoms with van der Waals surface area (Å²) in [7, 11) is 3.51. The summed E-state index contributed by atoms with van der Waals surface area (Å²) >= 11 is 0. The van der Waals surface area contributed by atoms with E-state index >= 15 is 0 Å². The van der Waals surface area contributed by atoms with E-state index in [1.165, 1.54) is 0 Å². The number of amides is 1. The second-order valence-electron chi connectivity index (χ2n) is 4.20. The minimum atomic E-state index is 0.0165. The standard InChI is InChI=1S/C13H21N3O2/c1-4-15-13(17)9-16(2)8-10-7-11(14)5-6-12(10)18-3/h5-7H,4,8-9,14H2,1-3H3,(H,15,17). The summed E-state index contributed by atoms with van der Waals surface area (Å²) < 4.78 is 5.27. The Balaban J connectivity index is 2.66. The highest BCUT2D eigenvalue weighted by atomic mass is 16.5. The van der Waals surface area contributed by atoms with Crippen LogP contribution in [0.2, 0.25) is 0 Å². The van der Waals surface area contributed by atoms with Crippen LogP contribution in [0.5, 0.6) is 5.75 Å². The van der Waals surface area contributed by atoms with Gasteiger partial charge in [0, 0.05) is 24.3 Å². The van der Waals surface area contributed by atoms with Gasteiger partial charge < -0.3 is 15.8 Å². The molecule has 0 aromatic heterocycles. The zero-order valence-electron chi connectivity index (χ0n) is 11.2. The van der Waals surface area contributed by atoms with Crippen molar-refractivity contribution in [2.45, 2.75) is 13.5 Å². The lowest BCUT2D eigenvalue weighted by atomic mass is 10.1. The largest absolute Gasteiger partial charge is 0.496 e. The normalized spacial score (nSPS) is 10.4. The van der Waals surface area contributed by atoms with Gasteiger partial charge in [-0.3, -0.25) is 9.69 Å². The van der Waals surface area contributed by atoms with Gasteiger partial charge in [0.2, 0.25) is 5.91 Å². The summed E-state index contributed by atoms with van der Waals surface area (Å²) in [6.45, 7) is 3.52. The molecule has 0 saturated heterocycles. The molecule has 100 valence electrons. The summed E-state index contributed by atoms with van der Waals surface area (Å²) in [6, 6.07) is 5.50. The van der Waals surface area contributed by atoms with Crippen molar-refractivity contribution in [3.8, 4) is 5.75 Å². The summed E-state index contributed by atoms with van der Waals surface area (Å²) in [5, 5.41) is 2.77. The molecule has 3 N–H and O–H groups in total. The Morgan fingerprint density at radius 3 is 2.83 bits per heavy atom. The van der Waals surface area contributed by atoms with Gasteiger partial charge in [-0.2, -0.15) is 0 Å². The number of rotatable bonds is 6. The van der Waals surface area contributed by atoms with Crippen molar-refractivity contribution in [3.05, 3.63) is 23.8 Å². The minimum Gasteiger partial charge on any atom is -0.496 e. The van der Waals surface area contributed by atoms with Gasteiger partial charge in [0.1, 0.15) is 5.75 Å². The number of carbonyl (C=O) groups excluding carboxylic acids is 1. The molecule has 0 radical (unpaired) electrons. The van der Waals surface area contributed by atoms with Gasteiger partial charge in [-0.1, -0.05) is 0 Å². The third-order valence-corrected chi connectivity index (χ3v) is 2.53. The average Bonchev–Trinajstić information content (AvgIpc) is 2.29. The number of nitrogens with one attached hydrogen (secondary N) is 1. The van der Waals surface area contributed by atoms with Gasteiger partial charge in [0.15, 0.2) is 0 Å². The van der Waals surface area contributed by atoms with Gasteiger partial charge in [-0.05, 0) is 32.2 Å². The summed E-state index contributed by atoms with van der Waals surface area (Å²) in [5.41, 5.74) is 7.42. The number of anilines is 1. The van der Waals surface area contributed by atoms with E-state index in [1.807, 2.05) is 31.0 Å². The molecule has 0 fully saturated rings. The molecule has 5 nitrogen and oxygen atoms in total. The minimum absolute atomic E-state index is 0.0165. The zero-order chi connectivity index (χ0) is 13.5. The Morgan fingerprint density at radius 1 is 1.50 bits per heavy atom. The smallest absolute Gasteiger partial charge is 0.234 e. The van der Waals surface area contributed by atoms with E-state index in [0.29, 0.717) is 25.3 Å². The van der Waals surface area contributed by atoms with Crippen molar-refractivity contribution in [1.82, 2.24) is 10.2 Å². The Morgan fingerprint density at radius 2 is 2.22 bits per heavy atom. The molecule has 0 aliphatic rings. The van der Waals surface area contributed by atoms with Crippen LogP contribution in [0.4, 0.5) is 5.69 Å². The number of carbonyl (C=O) groups is 1. The fourth-order valence-corrected chi connectivity index (χ4v) is 1.77. The van der Waals surface area contributed by atoms with Gasteiger partial charge >= 0.3 is 0 Å². The highest BCUT2D eigenvalue weighted by molar-refractivity contribution is 5.77. The third-order valence-electron chi connectivity index (χ3n) is 2.53. The van der Waals surface area contributed by atoms with Crippen molar-refractivity contribution in [2.75, 3.05) is 33.0 Å². The monoisotopic (exact) mass is 251 g/mol. The van der Waals surface area contributed by atoms with E-state index in [1.54, 1.807) is 13.2 Å². The summed E-state index contributed by atoms with van der Waals surface area (Å²) in [4.78, 5) is 13.4.